The summed E-state index contributed by atoms with van der Waals surface area (Å²) in [4.78, 5) is 25.3. The van der Waals surface area contributed by atoms with Crippen LogP contribution in [0.3, 0.4) is 0 Å². The molecule has 8 heterocycles. The minimum atomic E-state index is 0.565. The number of aromatic nitrogens is 4. The third-order valence-electron chi connectivity index (χ3n) is 19.3. The first-order valence-electron chi connectivity index (χ1n) is 29.3. The average Bonchev–Trinajstić information content (AvgIpc) is 1.53. The van der Waals surface area contributed by atoms with Crippen LogP contribution in [0, 0.1) is 0 Å². The van der Waals surface area contributed by atoms with Crippen molar-refractivity contribution in [2.45, 2.75) is 0 Å². The van der Waals surface area contributed by atoms with Crippen molar-refractivity contribution in [3.63, 3.8) is 0 Å². The number of H-pyrrole nitrogens is 2. The molecule has 0 amide bonds. The van der Waals surface area contributed by atoms with Crippen molar-refractivity contribution in [1.29, 1.82) is 0 Å². The molecule has 16 heteroatoms. The third kappa shape index (κ3) is 6.77. The van der Waals surface area contributed by atoms with Gasteiger partial charge < -0.3 is 9.97 Å². The number of nitrogens with zero attached hydrogens (tertiary/aromatic N) is 2. The highest BCUT2D eigenvalue weighted by Gasteiger charge is 2.33. The van der Waals surface area contributed by atoms with E-state index in [4.69, 9.17) is 103 Å². The maximum absolute atomic E-state index is 7.35. The Morgan fingerprint density at radius 1 is 0.217 bits per heavy atom. The van der Waals surface area contributed by atoms with E-state index in [9.17, 15) is 0 Å². The van der Waals surface area contributed by atoms with Crippen LogP contribution in [0.1, 0.15) is 0 Å². The van der Waals surface area contributed by atoms with Crippen molar-refractivity contribution in [3.05, 3.63) is 207 Å². The van der Waals surface area contributed by atoms with Gasteiger partial charge in [0.1, 0.15) is 0 Å². The summed E-state index contributed by atoms with van der Waals surface area (Å²) in [7, 11) is 0. The predicted molar refractivity (Wildman–Crippen MR) is 407 cm³/mol. The lowest BCUT2D eigenvalue weighted by Crippen LogP contribution is -1.85. The summed E-state index contributed by atoms with van der Waals surface area (Å²) in [5.74, 6) is 0. The first-order valence-corrected chi connectivity index (χ1v) is 35.8. The summed E-state index contributed by atoms with van der Waals surface area (Å²) in [5, 5.41) is 35.8. The standard InChI is InChI=1S/C76H30Cl8N4S4/c77-37-17-9-29-49-31(11-19-39(79)61(37)49)55-53(29)69-65(45-5-1-25-89-45)70-54-30-10-18-38(78)62-40(80)20-12-32(50(30)62)56(54)72(86-70)67(47-7-3-27-91-47)74-58-34-14-22-42(82)64-44(84)24-16-36(52(34)64)60(58)76(88-74)68(48-8-4-28-92-48)75-59-35-15-23-43(83)63-41(81)21-13-33(51(35)63)57(59)73(87-75)66(71(55)85-69)46-6-2-26-90-46/h1-28,85,88H. The van der Waals surface area contributed by atoms with Gasteiger partial charge in [0.05, 0.1) is 44.1 Å². The Balaban J connectivity index is 1.19. The van der Waals surface area contributed by atoms with Crippen LogP contribution in [-0.4, -0.2) is 19.9 Å². The van der Waals surface area contributed by atoms with Gasteiger partial charge in [-0.1, -0.05) is 166 Å². The van der Waals surface area contributed by atoms with Crippen molar-refractivity contribution in [2.24, 2.45) is 0 Å². The molecule has 0 saturated carbocycles. The van der Waals surface area contributed by atoms with Gasteiger partial charge in [-0.25, -0.2) is 9.97 Å². The summed E-state index contributed by atoms with van der Waals surface area (Å²) in [6, 6.07) is 50.3. The van der Waals surface area contributed by atoms with Gasteiger partial charge in [-0.3, -0.25) is 0 Å². The summed E-state index contributed by atoms with van der Waals surface area (Å²) in [6.07, 6.45) is 0. The maximum Gasteiger partial charge on any atom is 0.0830 e. The van der Waals surface area contributed by atoms with Crippen LogP contribution in [0.2, 0.25) is 40.2 Å². The Bertz CT molecular complexity index is 5800. The van der Waals surface area contributed by atoms with Gasteiger partial charge in [0.2, 0.25) is 0 Å². The lowest BCUT2D eigenvalue weighted by molar-refractivity contribution is 1.51. The van der Waals surface area contributed by atoms with Crippen LogP contribution in [0.5, 0.6) is 0 Å². The molecule has 0 fully saturated rings. The van der Waals surface area contributed by atoms with E-state index in [1.807, 2.05) is 48.5 Å². The molecule has 0 aliphatic heterocycles. The second kappa shape index (κ2) is 19.1. The lowest BCUT2D eigenvalue weighted by Gasteiger charge is -2.07. The fraction of sp³-hybridized carbons (Fsp3) is 0. The number of rotatable bonds is 4. The molecule has 92 heavy (non-hydrogen) atoms. The Hall–Kier alpha value is -7.48. The number of nitrogens with one attached hydrogen (secondary N) is 2. The van der Waals surface area contributed by atoms with Crippen LogP contribution in [0.15, 0.2) is 167 Å². The number of halogens is 8. The van der Waals surface area contributed by atoms with Crippen LogP contribution in [-0.2, 0) is 0 Å². The zero-order valence-electron chi connectivity index (χ0n) is 46.7. The minimum absolute atomic E-state index is 0.565. The van der Waals surface area contributed by atoms with Crippen molar-refractivity contribution in [2.75, 3.05) is 0 Å². The molecule has 4 nitrogen and oxygen atoms in total. The monoisotopic (exact) mass is 1410 g/mol. The average molecular weight is 1410 g/mol. The molecule has 2 N–H and O–H groups in total. The maximum atomic E-state index is 7.35. The second-order valence-corrected chi connectivity index (χ2v) is 30.6. The quantitative estimate of drug-likeness (QED) is 0.184. The number of hydrogen-bond donors (Lipinski definition) is 2. The molecule has 0 saturated heterocycles. The zero-order valence-corrected chi connectivity index (χ0v) is 56.0. The molecule has 21 rings (SSSR count). The molecule has 0 atom stereocenters. The van der Waals surface area contributed by atoms with Gasteiger partial charge in [-0.15, -0.1) is 45.3 Å². The molecule has 0 aliphatic rings. The Kier molecular flexibility index (Phi) is 11.2. The first-order chi connectivity index (χ1) is 45.0. The summed E-state index contributed by atoms with van der Waals surface area (Å²) < 4.78 is 0. The summed E-state index contributed by atoms with van der Waals surface area (Å²) in [5.41, 5.74) is 10.3. The number of hydrogen-bond acceptors (Lipinski definition) is 6. The lowest BCUT2D eigenvalue weighted by atomic mass is 10.0. The van der Waals surface area contributed by atoms with Gasteiger partial charge in [-0.2, -0.15) is 0 Å². The second-order valence-electron chi connectivity index (χ2n) is 23.5. The highest BCUT2D eigenvalue weighted by atomic mass is 35.5. The van der Waals surface area contributed by atoms with Crippen molar-refractivity contribution < 1.29 is 0 Å². The van der Waals surface area contributed by atoms with E-state index in [2.05, 4.69) is 129 Å². The van der Waals surface area contributed by atoms with E-state index < -0.39 is 0 Å². The van der Waals surface area contributed by atoms with Gasteiger partial charge in [-0.05, 0) is 137 Å². The molecule has 434 valence electrons. The molecule has 21 aromatic rings. The number of aromatic amines is 2. The summed E-state index contributed by atoms with van der Waals surface area (Å²) in [6.45, 7) is 0. The minimum Gasteiger partial charge on any atom is -0.353 e. The van der Waals surface area contributed by atoms with Crippen LogP contribution < -0.4 is 0 Å². The molecule has 13 aromatic carbocycles. The highest BCUT2D eigenvalue weighted by Crippen LogP contribution is 2.59. The molecular weight excluding hydrogens is 1380 g/mol. The van der Waals surface area contributed by atoms with Gasteiger partial charge >= 0.3 is 0 Å². The SMILES string of the molecule is Clc1ccc2c3c1c(Cl)ccc3c1c3nc(c(-c4cccs4)c4[nH]c(c(-c5cccs5)c5nc(c(-c6cccs6)c6[nH]c(c3-c3cccs3)c3c7ccc(Cl)c8c(Cl)ccc(c87)c63)c3c6ccc(Cl)c7c(Cl)ccc(c76)c53)c3c5ccc(Cl)c6c(Cl)ccc(c65)c43)c21. The van der Waals surface area contributed by atoms with Gasteiger partial charge in [0.15, 0.2) is 0 Å². The molecule has 0 aliphatic carbocycles. The predicted octanol–water partition coefficient (Wildman–Crippen LogP) is 28.6. The Morgan fingerprint density at radius 3 is 0.598 bits per heavy atom. The van der Waals surface area contributed by atoms with Crippen LogP contribution in [0.25, 0.3) is 215 Å². The molecule has 0 spiro atoms. The van der Waals surface area contributed by atoms with E-state index in [0.29, 0.717) is 40.2 Å². The molecule has 8 aromatic heterocycles. The topological polar surface area (TPSA) is 57.4 Å². The van der Waals surface area contributed by atoms with E-state index >= 15 is 0 Å². The third-order valence-corrected chi connectivity index (χ3v) is 25.4. The molecule has 0 unspecified atom stereocenters. The Morgan fingerprint density at radius 2 is 0.413 bits per heavy atom. The Labute approximate surface area is 574 Å². The van der Waals surface area contributed by atoms with E-state index in [0.717, 1.165) is 215 Å². The fourth-order valence-electron chi connectivity index (χ4n) is 16.0. The van der Waals surface area contributed by atoms with Gasteiger partial charge in [0.25, 0.3) is 0 Å². The van der Waals surface area contributed by atoms with Gasteiger partial charge in [0, 0.05) is 168 Å². The zero-order chi connectivity index (χ0) is 61.2. The fourth-order valence-corrected chi connectivity index (χ4v) is 21.3. The molecule has 0 radical (unpaired) electrons. The number of thiophene rings is 4. The number of benzene rings is 8. The normalized spacial score (nSPS) is 12.8. The summed E-state index contributed by atoms with van der Waals surface area (Å²) >= 11 is 65.5. The van der Waals surface area contributed by atoms with Crippen molar-refractivity contribution in [3.8, 4) is 41.8 Å². The van der Waals surface area contributed by atoms with Crippen molar-refractivity contribution in [1.82, 2.24) is 19.9 Å². The van der Waals surface area contributed by atoms with E-state index in [1.165, 1.54) is 0 Å². The van der Waals surface area contributed by atoms with E-state index in [1.54, 1.807) is 45.3 Å². The van der Waals surface area contributed by atoms with Crippen molar-refractivity contribution >= 4 is 312 Å². The van der Waals surface area contributed by atoms with E-state index in [-0.39, 0.29) is 0 Å². The van der Waals surface area contributed by atoms with Crippen LogP contribution in [0.4, 0.5) is 0 Å². The smallest absolute Gasteiger partial charge is 0.0830 e. The molecule has 8 bridgehead atoms. The molecular formula is C76H30Cl8N4S4. The largest absolute Gasteiger partial charge is 0.353 e. The first kappa shape index (κ1) is 54.0. The van der Waals surface area contributed by atoms with Crippen LogP contribution >= 0.6 is 138 Å². The highest BCUT2D eigenvalue weighted by molar-refractivity contribution is 7.15.